The number of aromatic hydroxyl groups is 2. The fraction of sp³-hybridized carbons (Fsp3) is 0. The Kier molecular flexibility index (Phi) is 2.46. The van der Waals surface area contributed by atoms with Gasteiger partial charge < -0.3 is 15.5 Å². The van der Waals surface area contributed by atoms with Crippen molar-refractivity contribution in [2.24, 2.45) is 0 Å². The van der Waals surface area contributed by atoms with Gasteiger partial charge in [0.15, 0.2) is 0 Å². The molecule has 0 unspecified atom stereocenters. The summed E-state index contributed by atoms with van der Waals surface area (Å²) in [6.45, 7) is 0. The van der Waals surface area contributed by atoms with Crippen LogP contribution in [-0.4, -0.2) is 10.2 Å². The summed E-state index contributed by atoms with van der Waals surface area (Å²) in [5.74, 6) is 0.0712. The molecule has 0 aliphatic rings. The molecule has 0 spiro atoms. The number of hydrogen-bond acceptors (Lipinski definition) is 3. The molecule has 3 N–H and O–H groups in total. The number of phenolic OH excluding ortho intramolecular Hbond substituents is 2. The third kappa shape index (κ3) is 2.40. The van der Waals surface area contributed by atoms with Gasteiger partial charge in [-0.15, -0.1) is 0 Å². The lowest BCUT2D eigenvalue weighted by molar-refractivity contribution is 0.451. The highest BCUT2D eigenvalue weighted by Crippen LogP contribution is 2.26. The first-order chi connectivity index (χ1) is 7.24. The number of rotatable bonds is 2. The molecule has 0 fully saturated rings. The molecule has 0 atom stereocenters. The Morgan fingerprint density at radius 3 is 1.93 bits per heavy atom. The second kappa shape index (κ2) is 3.92. The Bertz CT molecular complexity index is 434. The fourth-order valence-corrected chi connectivity index (χ4v) is 1.36. The monoisotopic (exact) mass is 201 g/mol. The van der Waals surface area contributed by atoms with E-state index in [-0.39, 0.29) is 11.5 Å². The molecule has 2 rings (SSSR count). The Morgan fingerprint density at radius 1 is 0.733 bits per heavy atom. The van der Waals surface area contributed by atoms with Crippen molar-refractivity contribution in [3.05, 3.63) is 48.5 Å². The minimum atomic E-state index is 0.0356. The number of benzene rings is 2. The van der Waals surface area contributed by atoms with Crippen molar-refractivity contribution in [2.45, 2.75) is 0 Å². The highest BCUT2D eigenvalue weighted by Gasteiger charge is 1.98. The van der Waals surface area contributed by atoms with Gasteiger partial charge in [-0.1, -0.05) is 18.2 Å². The SMILES string of the molecule is Oc1cc(O)cc(Nc2ccccc2)c1. The van der Waals surface area contributed by atoms with Crippen LogP contribution < -0.4 is 5.32 Å². The number of phenols is 2. The summed E-state index contributed by atoms with van der Waals surface area (Å²) in [6.07, 6.45) is 0. The lowest BCUT2D eigenvalue weighted by Crippen LogP contribution is -1.88. The largest absolute Gasteiger partial charge is 0.508 e. The van der Waals surface area contributed by atoms with Gasteiger partial charge in [-0.05, 0) is 12.1 Å². The molecule has 15 heavy (non-hydrogen) atoms. The van der Waals surface area contributed by atoms with Crippen LogP contribution in [0.2, 0.25) is 0 Å². The van der Waals surface area contributed by atoms with Crippen molar-refractivity contribution in [1.82, 2.24) is 0 Å². The molecule has 0 aromatic heterocycles. The summed E-state index contributed by atoms with van der Waals surface area (Å²) in [6, 6.07) is 13.9. The summed E-state index contributed by atoms with van der Waals surface area (Å²) >= 11 is 0. The van der Waals surface area contributed by atoms with Crippen LogP contribution in [0, 0.1) is 0 Å². The van der Waals surface area contributed by atoms with E-state index in [1.54, 1.807) is 12.1 Å². The molecule has 3 heteroatoms. The van der Waals surface area contributed by atoms with E-state index in [9.17, 15) is 10.2 Å². The molecule has 3 nitrogen and oxygen atoms in total. The third-order valence-corrected chi connectivity index (χ3v) is 1.97. The van der Waals surface area contributed by atoms with Crippen LogP contribution in [0.15, 0.2) is 48.5 Å². The van der Waals surface area contributed by atoms with Crippen LogP contribution in [0.1, 0.15) is 0 Å². The molecule has 0 radical (unpaired) electrons. The lowest BCUT2D eigenvalue weighted by Gasteiger charge is -2.06. The van der Waals surface area contributed by atoms with Crippen molar-refractivity contribution >= 4 is 11.4 Å². The second-order valence-corrected chi connectivity index (χ2v) is 3.23. The molecule has 0 aliphatic carbocycles. The average molecular weight is 201 g/mol. The highest BCUT2D eigenvalue weighted by atomic mass is 16.3. The van der Waals surface area contributed by atoms with E-state index < -0.39 is 0 Å². The van der Waals surface area contributed by atoms with Crippen LogP contribution in [0.3, 0.4) is 0 Å². The molecule has 0 saturated carbocycles. The van der Waals surface area contributed by atoms with E-state index in [1.807, 2.05) is 30.3 Å². The zero-order chi connectivity index (χ0) is 10.7. The van der Waals surface area contributed by atoms with Crippen molar-refractivity contribution in [1.29, 1.82) is 0 Å². The molecule has 0 saturated heterocycles. The number of nitrogens with one attached hydrogen (secondary N) is 1. The molecule has 0 aliphatic heterocycles. The van der Waals surface area contributed by atoms with E-state index in [0.29, 0.717) is 5.69 Å². The van der Waals surface area contributed by atoms with Gasteiger partial charge >= 0.3 is 0 Å². The van der Waals surface area contributed by atoms with Crippen molar-refractivity contribution in [2.75, 3.05) is 5.32 Å². The van der Waals surface area contributed by atoms with Crippen LogP contribution in [-0.2, 0) is 0 Å². The van der Waals surface area contributed by atoms with Gasteiger partial charge in [0.1, 0.15) is 11.5 Å². The predicted octanol–water partition coefficient (Wildman–Crippen LogP) is 2.84. The van der Waals surface area contributed by atoms with Gasteiger partial charge in [0.05, 0.1) is 0 Å². The Labute approximate surface area is 87.6 Å². The van der Waals surface area contributed by atoms with Crippen molar-refractivity contribution < 1.29 is 10.2 Å². The molecule has 0 heterocycles. The standard InChI is InChI=1S/C12H11NO2/c14-11-6-10(7-12(15)8-11)13-9-4-2-1-3-5-9/h1-8,13-15H. The van der Waals surface area contributed by atoms with Crippen molar-refractivity contribution in [3.63, 3.8) is 0 Å². The average Bonchev–Trinajstić information content (AvgIpc) is 2.17. The molecule has 0 bridgehead atoms. The van der Waals surface area contributed by atoms with Gasteiger partial charge in [-0.2, -0.15) is 0 Å². The highest BCUT2D eigenvalue weighted by molar-refractivity contribution is 5.62. The third-order valence-electron chi connectivity index (χ3n) is 1.97. The summed E-state index contributed by atoms with van der Waals surface area (Å²) in [7, 11) is 0. The molecular weight excluding hydrogens is 190 g/mol. The first kappa shape index (κ1) is 9.40. The Morgan fingerprint density at radius 2 is 1.33 bits per heavy atom. The number of para-hydroxylation sites is 1. The molecule has 2 aromatic carbocycles. The van der Waals surface area contributed by atoms with Crippen molar-refractivity contribution in [3.8, 4) is 11.5 Å². The van der Waals surface area contributed by atoms with Crippen LogP contribution in [0.25, 0.3) is 0 Å². The minimum Gasteiger partial charge on any atom is -0.508 e. The van der Waals surface area contributed by atoms with Crippen LogP contribution in [0.4, 0.5) is 11.4 Å². The Hall–Kier alpha value is -2.16. The van der Waals surface area contributed by atoms with Gasteiger partial charge in [-0.25, -0.2) is 0 Å². The quantitative estimate of drug-likeness (QED) is 0.700. The molecule has 2 aromatic rings. The number of hydrogen-bond donors (Lipinski definition) is 3. The second-order valence-electron chi connectivity index (χ2n) is 3.23. The van der Waals surface area contributed by atoms with Crippen LogP contribution in [0.5, 0.6) is 11.5 Å². The van der Waals surface area contributed by atoms with E-state index in [0.717, 1.165) is 5.69 Å². The topological polar surface area (TPSA) is 52.5 Å². The maximum Gasteiger partial charge on any atom is 0.121 e. The van der Waals surface area contributed by atoms with Gasteiger partial charge in [0, 0.05) is 29.6 Å². The maximum absolute atomic E-state index is 9.27. The first-order valence-electron chi connectivity index (χ1n) is 4.59. The predicted molar refractivity (Wildman–Crippen MR) is 59.5 cm³/mol. The zero-order valence-electron chi connectivity index (χ0n) is 8.01. The van der Waals surface area contributed by atoms with Gasteiger partial charge in [-0.3, -0.25) is 0 Å². The van der Waals surface area contributed by atoms with E-state index in [4.69, 9.17) is 0 Å². The summed E-state index contributed by atoms with van der Waals surface area (Å²) in [5, 5.41) is 21.6. The lowest BCUT2D eigenvalue weighted by atomic mass is 10.2. The normalized spacial score (nSPS) is 9.87. The van der Waals surface area contributed by atoms with E-state index in [2.05, 4.69) is 5.32 Å². The molecular formula is C12H11NO2. The van der Waals surface area contributed by atoms with Gasteiger partial charge in [0.25, 0.3) is 0 Å². The summed E-state index contributed by atoms with van der Waals surface area (Å²) in [5.41, 5.74) is 1.56. The minimum absolute atomic E-state index is 0.0356. The summed E-state index contributed by atoms with van der Waals surface area (Å²) < 4.78 is 0. The molecule has 0 amide bonds. The summed E-state index contributed by atoms with van der Waals surface area (Å²) in [4.78, 5) is 0. The molecule has 76 valence electrons. The van der Waals surface area contributed by atoms with E-state index in [1.165, 1.54) is 6.07 Å². The fourth-order valence-electron chi connectivity index (χ4n) is 1.36. The maximum atomic E-state index is 9.27. The van der Waals surface area contributed by atoms with E-state index >= 15 is 0 Å². The Balaban J connectivity index is 2.25. The van der Waals surface area contributed by atoms with Gasteiger partial charge in [0.2, 0.25) is 0 Å². The van der Waals surface area contributed by atoms with Crippen LogP contribution >= 0.6 is 0 Å². The number of anilines is 2. The zero-order valence-corrected chi connectivity index (χ0v) is 8.01. The first-order valence-corrected chi connectivity index (χ1v) is 4.59. The smallest absolute Gasteiger partial charge is 0.121 e.